The van der Waals surface area contributed by atoms with Gasteiger partial charge in [0, 0.05) is 0 Å². The van der Waals surface area contributed by atoms with Gasteiger partial charge in [-0.25, -0.2) is 9.37 Å². The van der Waals surface area contributed by atoms with Crippen LogP contribution in [0.15, 0.2) is 12.1 Å². The second-order valence-electron chi connectivity index (χ2n) is 2.36. The van der Waals surface area contributed by atoms with Crippen LogP contribution in [0.3, 0.4) is 0 Å². The normalized spacial score (nSPS) is 11.9. The van der Waals surface area contributed by atoms with Crippen molar-refractivity contribution in [3.05, 3.63) is 23.6 Å². The van der Waals surface area contributed by atoms with Gasteiger partial charge >= 0.3 is 12.8 Å². The minimum Gasteiger partial charge on any atom is -0.414 e. The van der Waals surface area contributed by atoms with Gasteiger partial charge in [-0.05, 0) is 12.1 Å². The van der Waals surface area contributed by atoms with Gasteiger partial charge in [0.15, 0.2) is 5.82 Å². The maximum atomic E-state index is 12.6. The summed E-state index contributed by atoms with van der Waals surface area (Å²) in [6, 6.07) is 0.682. The fraction of sp³-hybridized carbons (Fsp3) is 0.286. The fourth-order valence-electron chi connectivity index (χ4n) is 0.748. The van der Waals surface area contributed by atoms with Gasteiger partial charge in [-0.15, -0.1) is 0 Å². The van der Waals surface area contributed by atoms with Crippen LogP contribution in [-0.2, 0) is 6.18 Å². The lowest BCUT2D eigenvalue weighted by atomic mass is 10.3. The van der Waals surface area contributed by atoms with Crippen LogP contribution in [0.5, 0.6) is 5.88 Å². The highest BCUT2D eigenvalue weighted by Gasteiger charge is 2.33. The molecule has 1 aromatic rings. The lowest BCUT2D eigenvalue weighted by molar-refractivity contribution is -0.142. The van der Waals surface area contributed by atoms with Crippen molar-refractivity contribution in [1.29, 1.82) is 0 Å². The summed E-state index contributed by atoms with van der Waals surface area (Å²) in [6.45, 7) is -3.43. The molecule has 1 heterocycles. The maximum absolute atomic E-state index is 12.6. The first-order chi connectivity index (χ1) is 6.80. The SMILES string of the molecule is Fc1ccc(C(F)(F)F)nc1OC(F)F. The number of hydrogen-bond donors (Lipinski definition) is 0. The molecule has 1 rings (SSSR count). The predicted octanol–water partition coefficient (Wildman–Crippen LogP) is 2.84. The highest BCUT2D eigenvalue weighted by Crippen LogP contribution is 2.29. The summed E-state index contributed by atoms with van der Waals surface area (Å²) >= 11 is 0. The summed E-state index contributed by atoms with van der Waals surface area (Å²) in [4.78, 5) is 2.58. The summed E-state index contributed by atoms with van der Waals surface area (Å²) in [5.41, 5.74) is -1.50. The molecule has 0 fully saturated rings. The van der Waals surface area contributed by atoms with Crippen LogP contribution in [0, 0.1) is 5.82 Å². The van der Waals surface area contributed by atoms with Gasteiger partial charge in [0.2, 0.25) is 0 Å². The summed E-state index contributed by atoms with van der Waals surface area (Å²) in [7, 11) is 0. The van der Waals surface area contributed by atoms with Crippen LogP contribution in [0.4, 0.5) is 26.3 Å². The average molecular weight is 231 g/mol. The van der Waals surface area contributed by atoms with E-state index in [0.29, 0.717) is 12.1 Å². The number of pyridine rings is 1. The van der Waals surface area contributed by atoms with Crippen molar-refractivity contribution in [2.45, 2.75) is 12.8 Å². The smallest absolute Gasteiger partial charge is 0.414 e. The summed E-state index contributed by atoms with van der Waals surface area (Å²) in [5, 5.41) is 0. The third-order valence-corrected chi connectivity index (χ3v) is 1.30. The van der Waals surface area contributed by atoms with Crippen molar-refractivity contribution in [3.8, 4) is 5.88 Å². The Balaban J connectivity index is 3.06. The molecule has 0 saturated heterocycles. The van der Waals surface area contributed by atoms with E-state index in [4.69, 9.17) is 0 Å². The van der Waals surface area contributed by atoms with Crippen LogP contribution < -0.4 is 4.74 Å². The van der Waals surface area contributed by atoms with E-state index in [2.05, 4.69) is 9.72 Å². The highest BCUT2D eigenvalue weighted by molar-refractivity contribution is 5.19. The number of aromatic nitrogens is 1. The van der Waals surface area contributed by atoms with Gasteiger partial charge in [0.1, 0.15) is 5.69 Å². The molecule has 1 aromatic heterocycles. The molecule has 84 valence electrons. The molecular formula is C7H3F6NO. The van der Waals surface area contributed by atoms with Crippen molar-refractivity contribution < 1.29 is 31.1 Å². The molecule has 2 nitrogen and oxygen atoms in total. The molecule has 0 N–H and O–H groups in total. The molecule has 0 amide bonds. The van der Waals surface area contributed by atoms with Crippen LogP contribution in [-0.4, -0.2) is 11.6 Å². The van der Waals surface area contributed by atoms with Gasteiger partial charge in [-0.2, -0.15) is 22.0 Å². The molecule has 0 aliphatic rings. The van der Waals surface area contributed by atoms with Crippen LogP contribution >= 0.6 is 0 Å². The van der Waals surface area contributed by atoms with E-state index in [0.717, 1.165) is 0 Å². The van der Waals surface area contributed by atoms with Gasteiger partial charge in [0.25, 0.3) is 5.88 Å². The van der Waals surface area contributed by atoms with Crippen molar-refractivity contribution in [3.63, 3.8) is 0 Å². The molecular weight excluding hydrogens is 228 g/mol. The summed E-state index contributed by atoms with van der Waals surface area (Å²) in [6.07, 6.45) is -4.84. The highest BCUT2D eigenvalue weighted by atomic mass is 19.4. The number of hydrogen-bond acceptors (Lipinski definition) is 2. The van der Waals surface area contributed by atoms with Gasteiger partial charge in [0.05, 0.1) is 0 Å². The fourth-order valence-corrected chi connectivity index (χ4v) is 0.748. The van der Waals surface area contributed by atoms with E-state index in [-0.39, 0.29) is 0 Å². The van der Waals surface area contributed by atoms with E-state index in [1.165, 1.54) is 0 Å². The van der Waals surface area contributed by atoms with E-state index in [1.807, 2.05) is 0 Å². The van der Waals surface area contributed by atoms with Crippen molar-refractivity contribution in [2.75, 3.05) is 0 Å². The van der Waals surface area contributed by atoms with E-state index in [9.17, 15) is 26.3 Å². The Labute approximate surface area is 79.5 Å². The van der Waals surface area contributed by atoms with Crippen molar-refractivity contribution in [1.82, 2.24) is 4.98 Å². The van der Waals surface area contributed by atoms with Gasteiger partial charge in [-0.3, -0.25) is 0 Å². The molecule has 0 bridgehead atoms. The summed E-state index contributed by atoms with van der Waals surface area (Å²) in [5.74, 6) is -2.76. The number of nitrogens with zero attached hydrogens (tertiary/aromatic N) is 1. The molecule has 0 aliphatic carbocycles. The monoisotopic (exact) mass is 231 g/mol. The van der Waals surface area contributed by atoms with E-state index in [1.54, 1.807) is 0 Å². The van der Waals surface area contributed by atoms with Gasteiger partial charge in [-0.1, -0.05) is 0 Å². The number of halogens is 6. The van der Waals surface area contributed by atoms with Gasteiger partial charge < -0.3 is 4.74 Å². The zero-order valence-corrected chi connectivity index (χ0v) is 6.86. The third-order valence-electron chi connectivity index (χ3n) is 1.30. The summed E-state index contributed by atoms with van der Waals surface area (Å²) < 4.78 is 75.4. The Morgan fingerprint density at radius 1 is 1.20 bits per heavy atom. The third kappa shape index (κ3) is 3.00. The standard InChI is InChI=1S/C7H3F6NO/c8-3-1-2-4(7(11,12)13)14-5(3)15-6(9)10/h1-2,6H. The quantitative estimate of drug-likeness (QED) is 0.730. The largest absolute Gasteiger partial charge is 0.433 e. The number of alkyl halides is 5. The molecule has 0 aliphatic heterocycles. The lowest BCUT2D eigenvalue weighted by Gasteiger charge is -2.08. The minimum absolute atomic E-state index is 0.327. The molecule has 0 radical (unpaired) electrons. The molecule has 0 atom stereocenters. The Bertz CT molecular complexity index is 350. The topological polar surface area (TPSA) is 22.1 Å². The van der Waals surface area contributed by atoms with Crippen molar-refractivity contribution in [2.24, 2.45) is 0 Å². The number of rotatable bonds is 2. The Hall–Kier alpha value is -1.47. The minimum atomic E-state index is -4.84. The zero-order valence-electron chi connectivity index (χ0n) is 6.86. The number of ether oxygens (including phenoxy) is 1. The first-order valence-corrected chi connectivity index (χ1v) is 3.49. The molecule has 8 heteroatoms. The Morgan fingerprint density at radius 2 is 1.80 bits per heavy atom. The average Bonchev–Trinajstić information content (AvgIpc) is 2.06. The Kier molecular flexibility index (Phi) is 3.06. The molecule has 15 heavy (non-hydrogen) atoms. The second kappa shape index (κ2) is 3.95. The van der Waals surface area contributed by atoms with Crippen LogP contribution in [0.25, 0.3) is 0 Å². The maximum Gasteiger partial charge on any atom is 0.433 e. The lowest BCUT2D eigenvalue weighted by Crippen LogP contribution is -2.12. The van der Waals surface area contributed by atoms with E-state index < -0.39 is 30.2 Å². The molecule has 0 saturated carbocycles. The van der Waals surface area contributed by atoms with Crippen LogP contribution in [0.2, 0.25) is 0 Å². The predicted molar refractivity (Wildman–Crippen MR) is 35.8 cm³/mol. The van der Waals surface area contributed by atoms with Crippen LogP contribution in [0.1, 0.15) is 5.69 Å². The Morgan fingerprint density at radius 3 is 2.27 bits per heavy atom. The first-order valence-electron chi connectivity index (χ1n) is 3.49. The molecule has 0 aromatic carbocycles. The second-order valence-corrected chi connectivity index (χ2v) is 2.36. The zero-order chi connectivity index (χ0) is 11.6. The first kappa shape index (κ1) is 11.6. The molecule has 0 spiro atoms. The molecule has 0 unspecified atom stereocenters. The van der Waals surface area contributed by atoms with E-state index >= 15 is 0 Å². The van der Waals surface area contributed by atoms with Crippen molar-refractivity contribution >= 4 is 0 Å².